The zero-order valence-electron chi connectivity index (χ0n) is 11.9. The van der Waals surface area contributed by atoms with Gasteiger partial charge in [0.05, 0.1) is 12.2 Å². The molecule has 2 unspecified atom stereocenters. The largest absolute Gasteiger partial charge is 0.340 e. The van der Waals surface area contributed by atoms with Crippen LogP contribution in [0.25, 0.3) is 0 Å². The fourth-order valence-electron chi connectivity index (χ4n) is 2.69. The van der Waals surface area contributed by atoms with Crippen molar-refractivity contribution in [1.82, 2.24) is 14.7 Å². The molecule has 104 valence electrons. The van der Waals surface area contributed by atoms with E-state index in [1.807, 2.05) is 44.6 Å². The number of hydrogen-bond donors (Lipinski definition) is 0. The maximum absolute atomic E-state index is 12.4. The Kier molecular flexibility index (Phi) is 3.30. The normalized spacial score (nSPS) is 20.7. The monoisotopic (exact) mass is 269 g/mol. The van der Waals surface area contributed by atoms with Crippen LogP contribution in [0.2, 0.25) is 0 Å². The van der Waals surface area contributed by atoms with Crippen molar-refractivity contribution in [2.45, 2.75) is 18.9 Å². The molecule has 0 bridgehead atoms. The number of amides is 1. The summed E-state index contributed by atoms with van der Waals surface area (Å²) >= 11 is 0. The average molecular weight is 269 g/mol. The van der Waals surface area contributed by atoms with Crippen molar-refractivity contribution in [3.8, 4) is 0 Å². The van der Waals surface area contributed by atoms with E-state index in [-0.39, 0.29) is 11.8 Å². The Balaban J connectivity index is 1.60. The molecule has 0 saturated heterocycles. The first-order valence-electron chi connectivity index (χ1n) is 6.93. The molecule has 0 radical (unpaired) electrons. The number of rotatable bonds is 4. The van der Waals surface area contributed by atoms with Gasteiger partial charge in [-0.2, -0.15) is 5.10 Å². The smallest absolute Gasteiger partial charge is 0.226 e. The first kappa shape index (κ1) is 12.9. The molecule has 4 heteroatoms. The maximum atomic E-state index is 12.4. The van der Waals surface area contributed by atoms with Crippen LogP contribution in [-0.2, 0) is 18.4 Å². The molecule has 1 aromatic heterocycles. The molecular weight excluding hydrogens is 250 g/mol. The highest BCUT2D eigenvalue weighted by molar-refractivity contribution is 5.82. The van der Waals surface area contributed by atoms with Gasteiger partial charge in [0, 0.05) is 26.2 Å². The van der Waals surface area contributed by atoms with Gasteiger partial charge in [0.2, 0.25) is 5.91 Å². The van der Waals surface area contributed by atoms with Gasteiger partial charge in [-0.15, -0.1) is 0 Å². The highest BCUT2D eigenvalue weighted by atomic mass is 16.2. The summed E-state index contributed by atoms with van der Waals surface area (Å²) in [5, 5.41) is 4.31. The van der Waals surface area contributed by atoms with E-state index < -0.39 is 0 Å². The number of hydrogen-bond acceptors (Lipinski definition) is 2. The molecule has 0 N–H and O–H groups in total. The van der Waals surface area contributed by atoms with Crippen LogP contribution in [0.1, 0.15) is 23.6 Å². The number of benzene rings is 1. The topological polar surface area (TPSA) is 38.1 Å². The summed E-state index contributed by atoms with van der Waals surface area (Å²) in [5.41, 5.74) is 2.21. The van der Waals surface area contributed by atoms with E-state index in [1.165, 1.54) is 5.56 Å². The van der Waals surface area contributed by atoms with Gasteiger partial charge < -0.3 is 4.90 Å². The highest BCUT2D eigenvalue weighted by Crippen LogP contribution is 2.48. The van der Waals surface area contributed by atoms with E-state index in [1.54, 1.807) is 9.58 Å². The maximum Gasteiger partial charge on any atom is 0.226 e. The molecule has 2 aromatic rings. The van der Waals surface area contributed by atoms with E-state index in [4.69, 9.17) is 0 Å². The zero-order valence-corrected chi connectivity index (χ0v) is 11.9. The van der Waals surface area contributed by atoms with Crippen molar-refractivity contribution in [3.63, 3.8) is 0 Å². The predicted octanol–water partition coefficient (Wildman–Crippen LogP) is 2.18. The third kappa shape index (κ3) is 2.59. The van der Waals surface area contributed by atoms with Crippen LogP contribution in [0.5, 0.6) is 0 Å². The second-order valence-corrected chi connectivity index (χ2v) is 5.53. The Morgan fingerprint density at radius 3 is 2.75 bits per heavy atom. The Morgan fingerprint density at radius 2 is 2.10 bits per heavy atom. The van der Waals surface area contributed by atoms with Gasteiger partial charge in [-0.3, -0.25) is 9.48 Å². The SMILES string of the molecule is CN(Cc1ccn(C)n1)C(=O)C1CC1c1ccccc1. The van der Waals surface area contributed by atoms with Crippen LogP contribution in [0.4, 0.5) is 0 Å². The molecule has 1 aliphatic carbocycles. The molecule has 1 aliphatic rings. The van der Waals surface area contributed by atoms with Gasteiger partial charge in [0.25, 0.3) is 0 Å². The van der Waals surface area contributed by atoms with Crippen LogP contribution in [-0.4, -0.2) is 27.6 Å². The van der Waals surface area contributed by atoms with Crippen LogP contribution in [0.3, 0.4) is 0 Å². The second kappa shape index (κ2) is 5.12. The minimum atomic E-state index is 0.145. The summed E-state index contributed by atoms with van der Waals surface area (Å²) in [4.78, 5) is 14.2. The van der Waals surface area contributed by atoms with Gasteiger partial charge in [-0.25, -0.2) is 0 Å². The number of carbonyl (C=O) groups excluding carboxylic acids is 1. The van der Waals surface area contributed by atoms with E-state index >= 15 is 0 Å². The van der Waals surface area contributed by atoms with E-state index in [0.717, 1.165) is 12.1 Å². The van der Waals surface area contributed by atoms with Crippen LogP contribution < -0.4 is 0 Å². The molecule has 4 nitrogen and oxygen atoms in total. The Bertz CT molecular complexity index is 605. The van der Waals surface area contributed by atoms with Crippen molar-refractivity contribution in [2.75, 3.05) is 7.05 Å². The average Bonchev–Trinajstić information content (AvgIpc) is 3.16. The molecule has 0 spiro atoms. The van der Waals surface area contributed by atoms with Gasteiger partial charge in [0.1, 0.15) is 0 Å². The van der Waals surface area contributed by atoms with E-state index in [9.17, 15) is 4.79 Å². The fourth-order valence-corrected chi connectivity index (χ4v) is 2.69. The quantitative estimate of drug-likeness (QED) is 0.853. The third-order valence-corrected chi connectivity index (χ3v) is 3.88. The van der Waals surface area contributed by atoms with E-state index in [0.29, 0.717) is 12.5 Å². The third-order valence-electron chi connectivity index (χ3n) is 3.88. The summed E-state index contributed by atoms with van der Waals surface area (Å²) in [6.45, 7) is 0.581. The predicted molar refractivity (Wildman–Crippen MR) is 77.0 cm³/mol. The molecule has 1 heterocycles. The fraction of sp³-hybridized carbons (Fsp3) is 0.375. The van der Waals surface area contributed by atoms with Gasteiger partial charge >= 0.3 is 0 Å². The molecule has 2 atom stereocenters. The van der Waals surface area contributed by atoms with Crippen LogP contribution in [0.15, 0.2) is 42.6 Å². The standard InChI is InChI=1S/C16H19N3O/c1-18(11-13-8-9-19(2)17-13)16(20)15-10-14(15)12-6-4-3-5-7-12/h3-9,14-15H,10-11H2,1-2H3. The molecular formula is C16H19N3O. The molecule has 1 amide bonds. The lowest BCUT2D eigenvalue weighted by Crippen LogP contribution is -2.28. The van der Waals surface area contributed by atoms with Gasteiger partial charge in [0.15, 0.2) is 0 Å². The Hall–Kier alpha value is -2.10. The first-order chi connectivity index (χ1) is 9.65. The Morgan fingerprint density at radius 1 is 1.35 bits per heavy atom. The number of aryl methyl sites for hydroxylation is 1. The first-order valence-corrected chi connectivity index (χ1v) is 6.93. The van der Waals surface area contributed by atoms with Gasteiger partial charge in [-0.1, -0.05) is 30.3 Å². The molecule has 1 saturated carbocycles. The molecule has 1 fully saturated rings. The number of nitrogens with zero attached hydrogens (tertiary/aromatic N) is 3. The van der Waals surface area contributed by atoms with Crippen LogP contribution in [0, 0.1) is 5.92 Å². The van der Waals surface area contributed by atoms with Crippen molar-refractivity contribution in [1.29, 1.82) is 0 Å². The summed E-state index contributed by atoms with van der Waals surface area (Å²) in [6, 6.07) is 12.2. The highest BCUT2D eigenvalue weighted by Gasteiger charge is 2.45. The van der Waals surface area contributed by atoms with Crippen molar-refractivity contribution in [2.24, 2.45) is 13.0 Å². The molecule has 3 rings (SSSR count). The van der Waals surface area contributed by atoms with Crippen molar-refractivity contribution in [3.05, 3.63) is 53.9 Å². The minimum Gasteiger partial charge on any atom is -0.340 e. The van der Waals surface area contributed by atoms with E-state index in [2.05, 4.69) is 17.2 Å². The van der Waals surface area contributed by atoms with Crippen LogP contribution >= 0.6 is 0 Å². The molecule has 1 aromatic carbocycles. The summed E-state index contributed by atoms with van der Waals surface area (Å²) in [7, 11) is 3.75. The lowest BCUT2D eigenvalue weighted by atomic mass is 10.1. The molecule has 0 aliphatic heterocycles. The summed E-state index contributed by atoms with van der Waals surface area (Å²) in [5.74, 6) is 0.769. The Labute approximate surface area is 119 Å². The van der Waals surface area contributed by atoms with Crippen molar-refractivity contribution < 1.29 is 4.79 Å². The lowest BCUT2D eigenvalue weighted by molar-refractivity contribution is -0.131. The molecule has 20 heavy (non-hydrogen) atoms. The summed E-state index contributed by atoms with van der Waals surface area (Å²) < 4.78 is 1.76. The zero-order chi connectivity index (χ0) is 14.1. The lowest BCUT2D eigenvalue weighted by Gasteiger charge is -2.15. The summed E-state index contributed by atoms with van der Waals surface area (Å²) in [6.07, 6.45) is 2.87. The van der Waals surface area contributed by atoms with Crippen molar-refractivity contribution >= 4 is 5.91 Å². The number of aromatic nitrogens is 2. The van der Waals surface area contributed by atoms with Gasteiger partial charge in [-0.05, 0) is 24.0 Å². The second-order valence-electron chi connectivity index (χ2n) is 5.53. The number of carbonyl (C=O) groups is 1. The minimum absolute atomic E-state index is 0.145.